The zero-order valence-corrected chi connectivity index (χ0v) is 11.6. The highest BCUT2D eigenvalue weighted by molar-refractivity contribution is 5.67. The van der Waals surface area contributed by atoms with Crippen LogP contribution in [-0.4, -0.2) is 48.6 Å². The van der Waals surface area contributed by atoms with Gasteiger partial charge in [0.2, 0.25) is 0 Å². The molecule has 2 N–H and O–H groups in total. The molecule has 8 heteroatoms. The Kier molecular flexibility index (Phi) is 4.34. The summed E-state index contributed by atoms with van der Waals surface area (Å²) in [7, 11) is 0. The number of alkyl carbamates (subject to hydrolysis) is 1. The van der Waals surface area contributed by atoms with E-state index >= 15 is 0 Å². The van der Waals surface area contributed by atoms with Crippen LogP contribution in [0.2, 0.25) is 0 Å². The highest BCUT2D eigenvalue weighted by Gasteiger charge is 2.18. The number of nitrogens with one attached hydrogen (secondary N) is 2. The number of carbonyl (C=O) groups excluding carboxylic acids is 1. The molecule has 0 aromatic carbocycles. The van der Waals surface area contributed by atoms with Crippen molar-refractivity contribution in [3.8, 4) is 11.6 Å². The lowest BCUT2D eigenvalue weighted by atomic mass is 10.1. The van der Waals surface area contributed by atoms with Crippen LogP contribution >= 0.6 is 0 Å². The first kappa shape index (κ1) is 13.9. The minimum Gasteiger partial charge on any atom is -0.484 e. The van der Waals surface area contributed by atoms with Gasteiger partial charge in [-0.15, -0.1) is 10.2 Å². The fourth-order valence-electron chi connectivity index (χ4n) is 2.28. The van der Waals surface area contributed by atoms with E-state index < -0.39 is 6.09 Å². The third-order valence-corrected chi connectivity index (χ3v) is 3.37. The third kappa shape index (κ3) is 3.72. The zero-order valence-electron chi connectivity index (χ0n) is 11.6. The number of aromatic nitrogens is 2. The number of hydrogen-bond acceptors (Lipinski definition) is 7. The molecule has 1 aromatic heterocycles. The molecule has 114 valence electrons. The Labute approximate surface area is 122 Å². The molecule has 21 heavy (non-hydrogen) atoms. The van der Waals surface area contributed by atoms with Gasteiger partial charge in [0.15, 0.2) is 5.75 Å². The number of amides is 1. The van der Waals surface area contributed by atoms with Gasteiger partial charge in [-0.3, -0.25) is 0 Å². The van der Waals surface area contributed by atoms with Crippen molar-refractivity contribution >= 4 is 6.09 Å². The van der Waals surface area contributed by atoms with Gasteiger partial charge in [0.05, 0.1) is 0 Å². The van der Waals surface area contributed by atoms with Crippen molar-refractivity contribution in [3.05, 3.63) is 11.8 Å². The average Bonchev–Trinajstić information content (AvgIpc) is 2.54. The van der Waals surface area contributed by atoms with E-state index in [0.29, 0.717) is 30.5 Å². The quantitative estimate of drug-likeness (QED) is 0.823. The lowest BCUT2D eigenvalue weighted by Crippen LogP contribution is -2.42. The summed E-state index contributed by atoms with van der Waals surface area (Å²) >= 11 is 0. The lowest BCUT2D eigenvalue weighted by Gasteiger charge is -2.23. The number of carbonyl (C=O) groups is 1. The minimum atomic E-state index is -0.432. The van der Waals surface area contributed by atoms with Gasteiger partial charge in [0.25, 0.3) is 5.88 Å². The van der Waals surface area contributed by atoms with E-state index in [1.54, 1.807) is 6.07 Å². The largest absolute Gasteiger partial charge is 0.484 e. The molecule has 0 spiro atoms. The van der Waals surface area contributed by atoms with Gasteiger partial charge in [0, 0.05) is 12.1 Å². The average molecular weight is 294 g/mol. The molecule has 0 saturated carbocycles. The molecule has 1 saturated heterocycles. The van der Waals surface area contributed by atoms with Crippen LogP contribution in [-0.2, 0) is 11.3 Å². The van der Waals surface area contributed by atoms with Gasteiger partial charge in [0.1, 0.15) is 25.5 Å². The third-order valence-electron chi connectivity index (χ3n) is 3.37. The van der Waals surface area contributed by atoms with E-state index in [4.69, 9.17) is 14.2 Å². The summed E-state index contributed by atoms with van der Waals surface area (Å²) in [6.07, 6.45) is 1.40. The molecule has 2 aliphatic heterocycles. The van der Waals surface area contributed by atoms with Crippen molar-refractivity contribution in [2.45, 2.75) is 25.5 Å². The highest BCUT2D eigenvalue weighted by Crippen LogP contribution is 2.26. The van der Waals surface area contributed by atoms with Crippen LogP contribution in [0.1, 0.15) is 18.5 Å². The maximum atomic E-state index is 11.7. The van der Waals surface area contributed by atoms with Crippen molar-refractivity contribution in [1.29, 1.82) is 0 Å². The predicted octanol–water partition coefficient (Wildman–Crippen LogP) is 0.226. The Hall–Kier alpha value is -2.09. The summed E-state index contributed by atoms with van der Waals surface area (Å²) in [5, 5.41) is 13.9. The summed E-state index contributed by atoms with van der Waals surface area (Å²) in [4.78, 5) is 11.7. The van der Waals surface area contributed by atoms with E-state index in [9.17, 15) is 4.79 Å². The first-order valence-corrected chi connectivity index (χ1v) is 7.07. The van der Waals surface area contributed by atoms with E-state index in [1.165, 1.54) is 0 Å². The normalized spacial score (nSPS) is 18.1. The number of fused-ring (bicyclic) bond motifs is 1. The van der Waals surface area contributed by atoms with Crippen molar-refractivity contribution in [1.82, 2.24) is 20.8 Å². The molecular formula is C13H18N4O4. The number of rotatable bonds is 3. The van der Waals surface area contributed by atoms with Crippen LogP contribution in [0, 0.1) is 0 Å². The van der Waals surface area contributed by atoms with Crippen molar-refractivity contribution < 1.29 is 19.0 Å². The molecule has 2 aliphatic rings. The number of hydrogen-bond donors (Lipinski definition) is 2. The number of piperidine rings is 1. The number of ether oxygens (including phenoxy) is 3. The summed E-state index contributed by atoms with van der Waals surface area (Å²) < 4.78 is 15.8. The van der Waals surface area contributed by atoms with Crippen molar-refractivity contribution in [2.75, 3.05) is 26.3 Å². The molecule has 8 nitrogen and oxygen atoms in total. The fourth-order valence-corrected chi connectivity index (χ4v) is 2.28. The molecule has 1 fully saturated rings. The molecular weight excluding hydrogens is 276 g/mol. The second-order valence-electron chi connectivity index (χ2n) is 4.95. The first-order chi connectivity index (χ1) is 10.3. The van der Waals surface area contributed by atoms with Crippen LogP contribution in [0.5, 0.6) is 11.6 Å². The molecule has 1 amide bonds. The van der Waals surface area contributed by atoms with Crippen molar-refractivity contribution in [2.24, 2.45) is 0 Å². The van der Waals surface area contributed by atoms with Crippen LogP contribution in [0.15, 0.2) is 6.07 Å². The number of nitrogens with zero attached hydrogens (tertiary/aromatic N) is 2. The molecule has 3 rings (SSSR count). The Bertz CT molecular complexity index is 505. The van der Waals surface area contributed by atoms with Gasteiger partial charge >= 0.3 is 6.09 Å². The molecule has 0 unspecified atom stereocenters. The van der Waals surface area contributed by atoms with Gasteiger partial charge in [-0.05, 0) is 25.9 Å². The Morgan fingerprint density at radius 2 is 2.14 bits per heavy atom. The Balaban J connectivity index is 1.49. The van der Waals surface area contributed by atoms with E-state index in [0.717, 1.165) is 25.9 Å². The molecule has 0 bridgehead atoms. The highest BCUT2D eigenvalue weighted by atomic mass is 16.6. The molecule has 0 atom stereocenters. The van der Waals surface area contributed by atoms with Crippen LogP contribution in [0.3, 0.4) is 0 Å². The lowest BCUT2D eigenvalue weighted by molar-refractivity contribution is 0.130. The van der Waals surface area contributed by atoms with Gasteiger partial charge < -0.3 is 24.8 Å². The summed E-state index contributed by atoms with van der Waals surface area (Å²) in [6, 6.07) is 1.85. The first-order valence-electron chi connectivity index (χ1n) is 7.07. The maximum Gasteiger partial charge on any atom is 0.407 e. The summed E-state index contributed by atoms with van der Waals surface area (Å²) in [5.74, 6) is 0.915. The summed E-state index contributed by atoms with van der Waals surface area (Å²) in [5.41, 5.74) is 0.528. The van der Waals surface area contributed by atoms with Crippen LogP contribution in [0.25, 0.3) is 0 Å². The van der Waals surface area contributed by atoms with E-state index in [-0.39, 0.29) is 12.6 Å². The predicted molar refractivity (Wildman–Crippen MR) is 72.2 cm³/mol. The minimum absolute atomic E-state index is 0.0560. The molecule has 3 heterocycles. The van der Waals surface area contributed by atoms with Crippen LogP contribution in [0.4, 0.5) is 4.79 Å². The van der Waals surface area contributed by atoms with E-state index in [2.05, 4.69) is 20.8 Å². The summed E-state index contributed by atoms with van der Waals surface area (Å²) in [6.45, 7) is 2.84. The van der Waals surface area contributed by atoms with Crippen LogP contribution < -0.4 is 20.1 Å². The smallest absolute Gasteiger partial charge is 0.407 e. The van der Waals surface area contributed by atoms with Gasteiger partial charge in [-0.25, -0.2) is 4.79 Å². The Morgan fingerprint density at radius 1 is 1.33 bits per heavy atom. The van der Waals surface area contributed by atoms with Gasteiger partial charge in [-0.2, -0.15) is 0 Å². The van der Waals surface area contributed by atoms with Crippen molar-refractivity contribution in [3.63, 3.8) is 0 Å². The van der Waals surface area contributed by atoms with E-state index in [1.807, 2.05) is 0 Å². The monoisotopic (exact) mass is 294 g/mol. The molecule has 1 aromatic rings. The maximum absolute atomic E-state index is 11.7. The molecule has 0 aliphatic carbocycles. The second-order valence-corrected chi connectivity index (χ2v) is 4.95. The fraction of sp³-hybridized carbons (Fsp3) is 0.615. The standard InChI is InChI=1S/C13H18N4O4/c18-13(15-9-1-3-14-4-2-9)21-8-10-7-11-12(17-16-10)20-6-5-19-11/h7,9,14H,1-6,8H2,(H,15,18). The topological polar surface area (TPSA) is 94.6 Å². The SMILES string of the molecule is O=C(NC1CCNCC1)OCc1cc2c(nn1)OCCO2. The Morgan fingerprint density at radius 3 is 3.00 bits per heavy atom. The zero-order chi connectivity index (χ0) is 14.5. The molecule has 0 radical (unpaired) electrons. The second kappa shape index (κ2) is 6.57. The van der Waals surface area contributed by atoms with Gasteiger partial charge in [-0.1, -0.05) is 0 Å².